The van der Waals surface area contributed by atoms with E-state index in [1.54, 1.807) is 19.1 Å². The maximum atomic E-state index is 14.3. The first kappa shape index (κ1) is 22.9. The zero-order valence-corrected chi connectivity index (χ0v) is 17.9. The number of nitrogens with two attached hydrogens (primary N) is 1. The van der Waals surface area contributed by atoms with Crippen LogP contribution in [0.1, 0.15) is 23.6 Å². The molecule has 5 N–H and O–H groups in total. The third-order valence-corrected chi connectivity index (χ3v) is 6.27. The van der Waals surface area contributed by atoms with Crippen LogP contribution in [0.4, 0.5) is 4.39 Å². The molecule has 0 saturated carbocycles. The molecular weight excluding hydrogens is 445 g/mol. The van der Waals surface area contributed by atoms with Crippen LogP contribution in [-0.2, 0) is 26.5 Å². The summed E-state index contributed by atoms with van der Waals surface area (Å²) in [6, 6.07) is 9.18. The lowest BCUT2D eigenvalue weighted by atomic mass is 9.83. The molecule has 10 heteroatoms. The van der Waals surface area contributed by atoms with Crippen molar-refractivity contribution in [3.8, 4) is 5.75 Å². The summed E-state index contributed by atoms with van der Waals surface area (Å²) < 4.78 is 30.9. The fourth-order valence-electron chi connectivity index (χ4n) is 4.16. The topological polar surface area (TPSA) is 131 Å². The van der Waals surface area contributed by atoms with Crippen LogP contribution in [0.3, 0.4) is 0 Å². The number of primary amides is 1. The zero-order valence-electron chi connectivity index (χ0n) is 17.1. The van der Waals surface area contributed by atoms with Gasteiger partial charge in [-0.15, -0.1) is 0 Å². The second-order valence-corrected chi connectivity index (χ2v) is 8.28. The fourth-order valence-corrected chi connectivity index (χ4v) is 4.35. The van der Waals surface area contributed by atoms with E-state index in [4.69, 9.17) is 31.5 Å². The predicted molar refractivity (Wildman–Crippen MR) is 110 cm³/mol. The molecule has 4 rings (SSSR count). The SMILES string of the molecule is CCOc1ccc(Cc2cc([C@]34OC[C@](C(N)=O)(O3)[C@@H](O)[C@H](O)[C@H]4O)ccc2Cl)cc1F. The molecule has 0 aromatic heterocycles. The molecule has 8 nitrogen and oxygen atoms in total. The van der Waals surface area contributed by atoms with Crippen LogP contribution < -0.4 is 10.5 Å². The first-order chi connectivity index (χ1) is 15.1. The lowest BCUT2D eigenvalue weighted by Crippen LogP contribution is -2.68. The molecule has 2 aromatic carbocycles. The van der Waals surface area contributed by atoms with Crippen LogP contribution in [0, 0.1) is 5.82 Å². The molecule has 2 saturated heterocycles. The number of ether oxygens (including phenoxy) is 3. The van der Waals surface area contributed by atoms with Crippen LogP contribution in [0.5, 0.6) is 5.75 Å². The number of halogens is 2. The highest BCUT2D eigenvalue weighted by Gasteiger charge is 2.69. The van der Waals surface area contributed by atoms with Gasteiger partial charge in [0.2, 0.25) is 11.4 Å². The van der Waals surface area contributed by atoms with E-state index >= 15 is 0 Å². The van der Waals surface area contributed by atoms with Gasteiger partial charge >= 0.3 is 0 Å². The van der Waals surface area contributed by atoms with Gasteiger partial charge in [-0.1, -0.05) is 23.7 Å². The number of hydrogen-bond donors (Lipinski definition) is 4. The minimum absolute atomic E-state index is 0.142. The van der Waals surface area contributed by atoms with Crippen LogP contribution >= 0.6 is 11.6 Å². The summed E-state index contributed by atoms with van der Waals surface area (Å²) in [5, 5.41) is 31.8. The maximum Gasteiger partial charge on any atom is 0.255 e. The Morgan fingerprint density at radius 1 is 1.25 bits per heavy atom. The molecule has 5 atom stereocenters. The number of aliphatic hydroxyl groups is 3. The molecule has 0 unspecified atom stereocenters. The summed E-state index contributed by atoms with van der Waals surface area (Å²) in [5.74, 6) is -3.35. The molecule has 2 aliphatic rings. The minimum Gasteiger partial charge on any atom is -0.491 e. The van der Waals surface area contributed by atoms with E-state index in [0.29, 0.717) is 22.8 Å². The molecule has 0 aliphatic carbocycles. The number of hydrogen-bond acceptors (Lipinski definition) is 7. The maximum absolute atomic E-state index is 14.3. The highest BCUT2D eigenvalue weighted by atomic mass is 35.5. The van der Waals surface area contributed by atoms with Crippen LogP contribution in [0.25, 0.3) is 0 Å². The molecule has 2 heterocycles. The summed E-state index contributed by atoms with van der Waals surface area (Å²) >= 11 is 6.34. The molecule has 0 radical (unpaired) electrons. The Labute approximate surface area is 188 Å². The van der Waals surface area contributed by atoms with E-state index in [1.807, 2.05) is 0 Å². The van der Waals surface area contributed by atoms with Crippen molar-refractivity contribution in [3.05, 3.63) is 63.9 Å². The largest absolute Gasteiger partial charge is 0.491 e. The van der Waals surface area contributed by atoms with E-state index in [1.165, 1.54) is 24.3 Å². The van der Waals surface area contributed by atoms with Crippen molar-refractivity contribution in [3.63, 3.8) is 0 Å². The highest BCUT2D eigenvalue weighted by Crippen LogP contribution is 2.50. The highest BCUT2D eigenvalue weighted by molar-refractivity contribution is 6.31. The number of benzene rings is 2. The number of amides is 1. The molecule has 2 aliphatic heterocycles. The van der Waals surface area contributed by atoms with Gasteiger partial charge in [-0.05, 0) is 48.7 Å². The Bertz CT molecular complexity index is 1050. The normalized spacial score (nSPS) is 31.5. The van der Waals surface area contributed by atoms with Crippen molar-refractivity contribution >= 4 is 17.5 Å². The molecular formula is C22H23ClFNO7. The number of rotatable bonds is 6. The number of carbonyl (C=O) groups excluding carboxylic acids is 1. The van der Waals surface area contributed by atoms with Crippen molar-refractivity contribution in [2.75, 3.05) is 13.2 Å². The van der Waals surface area contributed by atoms with Gasteiger partial charge in [-0.25, -0.2) is 4.39 Å². The van der Waals surface area contributed by atoms with Crippen LogP contribution in [0.15, 0.2) is 36.4 Å². The van der Waals surface area contributed by atoms with Gasteiger partial charge in [0.05, 0.1) is 13.2 Å². The first-order valence-electron chi connectivity index (χ1n) is 10.0. The Morgan fingerprint density at radius 2 is 2.00 bits per heavy atom. The Balaban J connectivity index is 1.70. The molecule has 172 valence electrons. The third kappa shape index (κ3) is 3.45. The second kappa shape index (κ2) is 8.26. The lowest BCUT2D eigenvalue weighted by molar-refractivity contribution is -0.318. The van der Waals surface area contributed by atoms with Crippen molar-refractivity contribution in [1.82, 2.24) is 0 Å². The van der Waals surface area contributed by atoms with Crippen LogP contribution in [-0.4, -0.2) is 58.4 Å². The molecule has 0 spiro atoms. The summed E-state index contributed by atoms with van der Waals surface area (Å²) in [7, 11) is 0. The molecule has 32 heavy (non-hydrogen) atoms. The van der Waals surface area contributed by atoms with E-state index in [-0.39, 0.29) is 17.7 Å². The monoisotopic (exact) mass is 467 g/mol. The van der Waals surface area contributed by atoms with Gasteiger partial charge in [0, 0.05) is 10.6 Å². The van der Waals surface area contributed by atoms with Crippen molar-refractivity contribution in [2.45, 2.75) is 43.0 Å². The average Bonchev–Trinajstić information content (AvgIpc) is 3.16. The standard InChI is InChI=1S/C22H23ClFNO7/c1-2-30-16-6-3-11(8-15(16)24)7-12-9-13(4-5-14(12)23)22-19(28)17(26)18(27)21(32-22,10-31-22)20(25)29/h3-6,8-9,17-19,26-28H,2,7,10H2,1H3,(H2,25,29)/t17-,18-,19+,21-,22-/m0/s1. The zero-order chi connectivity index (χ0) is 23.3. The van der Waals surface area contributed by atoms with Gasteiger partial charge in [-0.3, -0.25) is 4.79 Å². The average molecular weight is 468 g/mol. The quantitative estimate of drug-likeness (QED) is 0.498. The van der Waals surface area contributed by atoms with Crippen molar-refractivity contribution in [1.29, 1.82) is 0 Å². The minimum atomic E-state index is -2.02. The molecule has 1 amide bonds. The number of aliphatic hydroxyl groups excluding tert-OH is 3. The van der Waals surface area contributed by atoms with Gasteiger partial charge in [0.1, 0.15) is 18.3 Å². The van der Waals surface area contributed by atoms with Gasteiger partial charge in [-0.2, -0.15) is 0 Å². The van der Waals surface area contributed by atoms with E-state index in [2.05, 4.69) is 0 Å². The number of fused-ring (bicyclic) bond motifs is 2. The van der Waals surface area contributed by atoms with Gasteiger partial charge in [0.15, 0.2) is 11.6 Å². The van der Waals surface area contributed by atoms with E-state index in [9.17, 15) is 24.5 Å². The predicted octanol–water partition coefficient (Wildman–Crippen LogP) is 0.989. The summed E-state index contributed by atoms with van der Waals surface area (Å²) in [6.07, 6.45) is -5.01. The van der Waals surface area contributed by atoms with Crippen molar-refractivity contribution < 1.29 is 38.7 Å². The van der Waals surface area contributed by atoms with Gasteiger partial charge in [0.25, 0.3) is 5.91 Å². The third-order valence-electron chi connectivity index (χ3n) is 5.90. The summed E-state index contributed by atoms with van der Waals surface area (Å²) in [4.78, 5) is 12.0. The smallest absolute Gasteiger partial charge is 0.255 e. The Hall–Kier alpha value is -2.27. The Kier molecular flexibility index (Phi) is 5.91. The van der Waals surface area contributed by atoms with E-state index in [0.717, 1.165) is 0 Å². The van der Waals surface area contributed by atoms with Crippen molar-refractivity contribution in [2.24, 2.45) is 5.73 Å². The van der Waals surface area contributed by atoms with Gasteiger partial charge < -0.3 is 35.3 Å². The second-order valence-electron chi connectivity index (χ2n) is 7.87. The number of carbonyl (C=O) groups is 1. The Morgan fingerprint density at radius 3 is 2.66 bits per heavy atom. The molecule has 2 aromatic rings. The molecule has 2 fully saturated rings. The summed E-state index contributed by atoms with van der Waals surface area (Å²) in [6.45, 7) is 1.63. The first-order valence-corrected chi connectivity index (χ1v) is 10.4. The van der Waals surface area contributed by atoms with E-state index < -0.39 is 48.0 Å². The lowest BCUT2D eigenvalue weighted by Gasteiger charge is -2.45. The molecule has 2 bridgehead atoms. The van der Waals surface area contributed by atoms with Crippen LogP contribution in [0.2, 0.25) is 5.02 Å². The summed E-state index contributed by atoms with van der Waals surface area (Å²) in [5.41, 5.74) is 4.82. The fraction of sp³-hybridized carbons (Fsp3) is 0.409.